The molecule has 134 valence electrons. The largest absolute Gasteiger partial charge is 0.459 e. The first-order valence-electron chi connectivity index (χ1n) is 7.24. The molecule has 1 atom stereocenters. The molecule has 1 saturated heterocycles. The summed E-state index contributed by atoms with van der Waals surface area (Å²) in [5.74, 6) is -1.32. The van der Waals surface area contributed by atoms with E-state index in [1.54, 1.807) is 20.8 Å². The highest BCUT2D eigenvalue weighted by Crippen LogP contribution is 2.09. The summed E-state index contributed by atoms with van der Waals surface area (Å²) < 4.78 is 19.0. The van der Waals surface area contributed by atoms with Crippen LogP contribution in [0.5, 0.6) is 0 Å². The van der Waals surface area contributed by atoms with Crippen molar-refractivity contribution in [1.29, 1.82) is 0 Å². The van der Waals surface area contributed by atoms with Gasteiger partial charge < -0.3 is 18.9 Å². The Morgan fingerprint density at radius 1 is 0.833 bits per heavy atom. The van der Waals surface area contributed by atoms with Gasteiger partial charge in [0.2, 0.25) is 0 Å². The number of epoxide rings is 1. The minimum atomic E-state index is -0.489. The number of carbonyl (C=O) groups is 3. The molecule has 1 aliphatic heterocycles. The molecular formula is C17H24O7. The van der Waals surface area contributed by atoms with Crippen molar-refractivity contribution < 1.29 is 33.3 Å². The topological polar surface area (TPSA) is 91.4 Å². The molecule has 1 rings (SSSR count). The highest BCUT2D eigenvalue weighted by atomic mass is 16.6. The molecule has 1 fully saturated rings. The van der Waals surface area contributed by atoms with Crippen LogP contribution in [0.4, 0.5) is 0 Å². The van der Waals surface area contributed by atoms with Crippen LogP contribution in [0.1, 0.15) is 20.8 Å². The standard InChI is InChI=1S/C10H14O4.C7H10O3/c1-7(2)9(11)13-5-6-14-10(12)8(3)4;1-5(2)7(8)10-4-6-3-9-6/h1,3,5-6H2,2,4H3;6H,1,3-4H2,2H3. The second-order valence-corrected chi connectivity index (χ2v) is 5.17. The number of carbonyl (C=O) groups excluding carboxylic acids is 3. The maximum atomic E-state index is 10.8. The fourth-order valence-electron chi connectivity index (χ4n) is 0.971. The molecule has 0 amide bonds. The van der Waals surface area contributed by atoms with E-state index >= 15 is 0 Å². The van der Waals surface area contributed by atoms with Gasteiger partial charge in [-0.15, -0.1) is 0 Å². The number of ether oxygens (including phenoxy) is 4. The van der Waals surface area contributed by atoms with Crippen LogP contribution in [0, 0.1) is 0 Å². The van der Waals surface area contributed by atoms with Crippen molar-refractivity contribution in [2.24, 2.45) is 0 Å². The molecular weight excluding hydrogens is 316 g/mol. The number of rotatable bonds is 8. The summed E-state index contributed by atoms with van der Waals surface area (Å²) in [6.45, 7) is 16.1. The molecule has 0 N–H and O–H groups in total. The Morgan fingerprint density at radius 2 is 1.17 bits per heavy atom. The Hall–Kier alpha value is -2.41. The molecule has 0 saturated carbocycles. The summed E-state index contributed by atoms with van der Waals surface area (Å²) in [6.07, 6.45) is 0.142. The summed E-state index contributed by atoms with van der Waals surface area (Å²) >= 11 is 0. The van der Waals surface area contributed by atoms with Gasteiger partial charge in [0, 0.05) is 16.7 Å². The minimum absolute atomic E-state index is 0.0325. The number of esters is 3. The average Bonchev–Trinajstić information content (AvgIpc) is 3.33. The van der Waals surface area contributed by atoms with Crippen molar-refractivity contribution in [1.82, 2.24) is 0 Å². The summed E-state index contributed by atoms with van der Waals surface area (Å²) in [5.41, 5.74) is 1.06. The van der Waals surface area contributed by atoms with E-state index in [0.29, 0.717) is 29.9 Å². The molecule has 7 heteroatoms. The van der Waals surface area contributed by atoms with Crippen LogP contribution < -0.4 is 0 Å². The first kappa shape index (κ1) is 21.6. The van der Waals surface area contributed by atoms with Crippen molar-refractivity contribution in [3.63, 3.8) is 0 Å². The van der Waals surface area contributed by atoms with Gasteiger partial charge in [-0.05, 0) is 20.8 Å². The Morgan fingerprint density at radius 3 is 1.46 bits per heavy atom. The molecule has 0 radical (unpaired) electrons. The zero-order valence-corrected chi connectivity index (χ0v) is 14.4. The third kappa shape index (κ3) is 11.2. The van der Waals surface area contributed by atoms with Crippen molar-refractivity contribution in [2.75, 3.05) is 26.4 Å². The van der Waals surface area contributed by atoms with Crippen molar-refractivity contribution in [2.45, 2.75) is 26.9 Å². The molecule has 1 unspecified atom stereocenters. The monoisotopic (exact) mass is 340 g/mol. The van der Waals surface area contributed by atoms with Gasteiger partial charge in [-0.2, -0.15) is 0 Å². The smallest absolute Gasteiger partial charge is 0.333 e. The lowest BCUT2D eigenvalue weighted by atomic mass is 10.4. The van der Waals surface area contributed by atoms with Crippen LogP contribution in [0.15, 0.2) is 36.5 Å². The Kier molecular flexibility index (Phi) is 10.1. The van der Waals surface area contributed by atoms with Crippen LogP contribution in [0.2, 0.25) is 0 Å². The van der Waals surface area contributed by atoms with Crippen molar-refractivity contribution in [3.05, 3.63) is 36.5 Å². The lowest BCUT2D eigenvalue weighted by molar-refractivity contribution is -0.147. The third-order valence-electron chi connectivity index (χ3n) is 2.40. The van der Waals surface area contributed by atoms with Crippen molar-refractivity contribution >= 4 is 17.9 Å². The van der Waals surface area contributed by atoms with Crippen LogP contribution in [0.25, 0.3) is 0 Å². The predicted molar refractivity (Wildman–Crippen MR) is 87.1 cm³/mol. The van der Waals surface area contributed by atoms with E-state index in [1.807, 2.05) is 0 Å². The van der Waals surface area contributed by atoms with E-state index in [2.05, 4.69) is 29.2 Å². The fourth-order valence-corrected chi connectivity index (χ4v) is 0.971. The minimum Gasteiger partial charge on any atom is -0.459 e. The highest BCUT2D eigenvalue weighted by molar-refractivity contribution is 5.87. The van der Waals surface area contributed by atoms with Gasteiger partial charge in [-0.1, -0.05) is 19.7 Å². The first-order chi connectivity index (χ1) is 11.1. The van der Waals surface area contributed by atoms with Gasteiger partial charge in [0.25, 0.3) is 0 Å². The maximum Gasteiger partial charge on any atom is 0.333 e. The summed E-state index contributed by atoms with van der Waals surface area (Å²) in [7, 11) is 0. The summed E-state index contributed by atoms with van der Waals surface area (Å²) in [4.78, 5) is 32.4. The van der Waals surface area contributed by atoms with Crippen LogP contribution >= 0.6 is 0 Å². The fraction of sp³-hybridized carbons (Fsp3) is 0.471. The SMILES string of the molecule is C=C(C)C(=O)OCC1CO1.C=C(C)C(=O)OCCOC(=O)C(=C)C. The molecule has 0 aromatic rings. The van der Waals surface area contributed by atoms with Crippen molar-refractivity contribution in [3.8, 4) is 0 Å². The molecule has 24 heavy (non-hydrogen) atoms. The van der Waals surface area contributed by atoms with E-state index in [4.69, 9.17) is 9.47 Å². The maximum absolute atomic E-state index is 10.8. The summed E-state index contributed by atoms with van der Waals surface area (Å²) in [5, 5.41) is 0. The number of hydrogen-bond acceptors (Lipinski definition) is 7. The Bertz CT molecular complexity index is 487. The molecule has 0 aromatic heterocycles. The van der Waals surface area contributed by atoms with E-state index in [0.717, 1.165) is 0 Å². The first-order valence-corrected chi connectivity index (χ1v) is 7.24. The van der Waals surface area contributed by atoms with Crippen LogP contribution in [-0.2, 0) is 33.3 Å². The second-order valence-electron chi connectivity index (χ2n) is 5.17. The van der Waals surface area contributed by atoms with Gasteiger partial charge in [0.05, 0.1) is 6.61 Å². The van der Waals surface area contributed by atoms with E-state index in [-0.39, 0.29) is 25.3 Å². The average molecular weight is 340 g/mol. The zero-order chi connectivity index (χ0) is 18.7. The highest BCUT2D eigenvalue weighted by Gasteiger charge is 2.24. The third-order valence-corrected chi connectivity index (χ3v) is 2.40. The van der Waals surface area contributed by atoms with Crippen LogP contribution in [0.3, 0.4) is 0 Å². The zero-order valence-electron chi connectivity index (χ0n) is 14.4. The Labute approximate surface area is 141 Å². The lowest BCUT2D eigenvalue weighted by Gasteiger charge is -2.05. The molecule has 0 spiro atoms. The van der Waals surface area contributed by atoms with E-state index in [1.165, 1.54) is 0 Å². The van der Waals surface area contributed by atoms with E-state index < -0.39 is 11.9 Å². The Balaban J connectivity index is 0.000000463. The molecule has 0 aromatic carbocycles. The normalized spacial score (nSPS) is 14.4. The predicted octanol–water partition coefficient (Wildman–Crippen LogP) is 1.73. The van der Waals surface area contributed by atoms with E-state index in [9.17, 15) is 14.4 Å². The molecule has 7 nitrogen and oxygen atoms in total. The molecule has 1 heterocycles. The van der Waals surface area contributed by atoms with Gasteiger partial charge in [0.1, 0.15) is 25.9 Å². The van der Waals surface area contributed by atoms with Gasteiger partial charge in [-0.25, -0.2) is 14.4 Å². The van der Waals surface area contributed by atoms with Crippen LogP contribution in [-0.4, -0.2) is 50.4 Å². The second kappa shape index (κ2) is 11.2. The molecule has 0 bridgehead atoms. The van der Waals surface area contributed by atoms with Gasteiger partial charge in [-0.3, -0.25) is 0 Å². The molecule has 0 aliphatic carbocycles. The molecule has 1 aliphatic rings. The summed E-state index contributed by atoms with van der Waals surface area (Å²) in [6, 6.07) is 0. The van der Waals surface area contributed by atoms with Gasteiger partial charge in [0.15, 0.2) is 0 Å². The number of hydrogen-bond donors (Lipinski definition) is 0. The van der Waals surface area contributed by atoms with Gasteiger partial charge >= 0.3 is 17.9 Å². The lowest BCUT2D eigenvalue weighted by Crippen LogP contribution is -2.14. The quantitative estimate of drug-likeness (QED) is 0.218.